The van der Waals surface area contributed by atoms with Gasteiger partial charge in [0.2, 0.25) is 0 Å². The van der Waals surface area contributed by atoms with Crippen LogP contribution in [0.5, 0.6) is 0 Å². The predicted molar refractivity (Wildman–Crippen MR) is 73.5 cm³/mol. The van der Waals surface area contributed by atoms with Gasteiger partial charge in [-0.05, 0) is 55.6 Å². The van der Waals surface area contributed by atoms with E-state index in [1.807, 2.05) is 6.07 Å². The van der Waals surface area contributed by atoms with E-state index in [-0.39, 0.29) is 0 Å². The van der Waals surface area contributed by atoms with Gasteiger partial charge in [0.05, 0.1) is 11.3 Å². The summed E-state index contributed by atoms with van der Waals surface area (Å²) in [5, 5.41) is 9.38. The third kappa shape index (κ3) is 2.38. The third-order valence-corrected chi connectivity index (χ3v) is 4.59. The van der Waals surface area contributed by atoms with Gasteiger partial charge in [0.25, 0.3) is 0 Å². The van der Waals surface area contributed by atoms with Crippen molar-refractivity contribution in [3.63, 3.8) is 0 Å². The Morgan fingerprint density at radius 2 is 2.11 bits per heavy atom. The van der Waals surface area contributed by atoms with Crippen LogP contribution in [0.3, 0.4) is 0 Å². The molecule has 1 saturated carbocycles. The number of aromatic nitrogens is 1. The first-order chi connectivity index (χ1) is 9.06. The van der Waals surface area contributed by atoms with Gasteiger partial charge in [-0.15, -0.1) is 0 Å². The van der Waals surface area contributed by atoms with Gasteiger partial charge in [-0.2, -0.15) is 0 Å². The molecule has 3 rings (SSSR count). The summed E-state index contributed by atoms with van der Waals surface area (Å²) in [4.78, 5) is 16.1. The second kappa shape index (κ2) is 4.62. The molecule has 1 atom stereocenters. The van der Waals surface area contributed by atoms with Gasteiger partial charge < -0.3 is 5.11 Å². The highest BCUT2D eigenvalue weighted by Crippen LogP contribution is 2.42. The Hall–Kier alpha value is -1.38. The zero-order valence-corrected chi connectivity index (χ0v) is 11.6. The van der Waals surface area contributed by atoms with E-state index in [2.05, 4.69) is 13.8 Å². The number of fused-ring (bicyclic) bond motifs is 1. The SMILES string of the molecule is CC(C)C1CCc2nc(C3CC3)c(C(=O)O)cc2C1. The monoisotopic (exact) mass is 259 g/mol. The molecule has 1 aromatic heterocycles. The van der Waals surface area contributed by atoms with Crippen molar-refractivity contribution in [1.82, 2.24) is 4.98 Å². The van der Waals surface area contributed by atoms with Crippen LogP contribution < -0.4 is 0 Å². The number of rotatable bonds is 3. The summed E-state index contributed by atoms with van der Waals surface area (Å²) in [6.45, 7) is 4.50. The fourth-order valence-corrected chi connectivity index (χ4v) is 3.12. The molecule has 0 aromatic carbocycles. The smallest absolute Gasteiger partial charge is 0.337 e. The highest BCUT2D eigenvalue weighted by atomic mass is 16.4. The minimum atomic E-state index is -0.816. The largest absolute Gasteiger partial charge is 0.478 e. The number of hydrogen-bond donors (Lipinski definition) is 1. The number of carbonyl (C=O) groups is 1. The lowest BCUT2D eigenvalue weighted by Crippen LogP contribution is -2.21. The molecule has 102 valence electrons. The Morgan fingerprint density at radius 3 is 2.68 bits per heavy atom. The fraction of sp³-hybridized carbons (Fsp3) is 0.625. The zero-order valence-electron chi connectivity index (χ0n) is 11.6. The second-order valence-corrected chi connectivity index (χ2v) is 6.35. The molecule has 3 heteroatoms. The molecular formula is C16H21NO2. The highest BCUT2D eigenvalue weighted by Gasteiger charge is 2.32. The highest BCUT2D eigenvalue weighted by molar-refractivity contribution is 5.89. The molecule has 1 fully saturated rings. The van der Waals surface area contributed by atoms with Gasteiger partial charge in [0, 0.05) is 11.6 Å². The van der Waals surface area contributed by atoms with Crippen LogP contribution in [0.25, 0.3) is 0 Å². The summed E-state index contributed by atoms with van der Waals surface area (Å²) in [6.07, 6.45) is 5.39. The molecule has 2 aliphatic rings. The maximum Gasteiger partial charge on any atom is 0.337 e. The van der Waals surface area contributed by atoms with Crippen molar-refractivity contribution in [2.45, 2.75) is 51.9 Å². The summed E-state index contributed by atoms with van der Waals surface area (Å²) in [5.74, 6) is 0.912. The van der Waals surface area contributed by atoms with Crippen LogP contribution in [0.2, 0.25) is 0 Å². The van der Waals surface area contributed by atoms with E-state index < -0.39 is 5.97 Å². The van der Waals surface area contributed by atoms with Gasteiger partial charge in [-0.3, -0.25) is 4.98 Å². The van der Waals surface area contributed by atoms with Crippen molar-refractivity contribution in [2.24, 2.45) is 11.8 Å². The number of pyridine rings is 1. The van der Waals surface area contributed by atoms with Crippen LogP contribution in [0.4, 0.5) is 0 Å². The second-order valence-electron chi connectivity index (χ2n) is 6.35. The molecule has 1 N–H and O–H groups in total. The lowest BCUT2D eigenvalue weighted by Gasteiger charge is -2.27. The first kappa shape index (κ1) is 12.6. The lowest BCUT2D eigenvalue weighted by molar-refractivity contribution is 0.0694. The van der Waals surface area contributed by atoms with Crippen LogP contribution >= 0.6 is 0 Å². The maximum absolute atomic E-state index is 11.4. The zero-order chi connectivity index (χ0) is 13.6. The van der Waals surface area contributed by atoms with Gasteiger partial charge in [0.15, 0.2) is 0 Å². The molecule has 0 radical (unpaired) electrons. The van der Waals surface area contributed by atoms with E-state index in [1.165, 1.54) is 12.0 Å². The quantitative estimate of drug-likeness (QED) is 0.904. The van der Waals surface area contributed by atoms with Crippen LogP contribution in [0.15, 0.2) is 6.07 Å². The Balaban J connectivity index is 1.99. The Labute approximate surface area is 114 Å². The van der Waals surface area contributed by atoms with E-state index in [4.69, 9.17) is 4.98 Å². The first-order valence-corrected chi connectivity index (χ1v) is 7.32. The van der Waals surface area contributed by atoms with Gasteiger partial charge in [-0.25, -0.2) is 4.79 Å². The third-order valence-electron chi connectivity index (χ3n) is 4.59. The number of carboxylic acids is 1. The molecule has 1 unspecified atom stereocenters. The number of nitrogens with zero attached hydrogens (tertiary/aromatic N) is 1. The fourth-order valence-electron chi connectivity index (χ4n) is 3.12. The van der Waals surface area contributed by atoms with Gasteiger partial charge in [0.1, 0.15) is 0 Å². The van der Waals surface area contributed by atoms with Crippen LogP contribution in [-0.4, -0.2) is 16.1 Å². The first-order valence-electron chi connectivity index (χ1n) is 7.32. The molecule has 1 heterocycles. The molecule has 0 saturated heterocycles. The maximum atomic E-state index is 11.4. The normalized spacial score (nSPS) is 22.4. The van der Waals surface area contributed by atoms with Gasteiger partial charge in [-0.1, -0.05) is 13.8 Å². The molecular weight excluding hydrogens is 238 g/mol. The standard InChI is InChI=1S/C16H21NO2/c1-9(2)11-5-6-14-12(7-11)8-13(16(18)19)15(17-14)10-3-4-10/h8-11H,3-7H2,1-2H3,(H,18,19). The molecule has 0 aliphatic heterocycles. The van der Waals surface area contributed by atoms with E-state index in [9.17, 15) is 9.90 Å². The number of hydrogen-bond acceptors (Lipinski definition) is 2. The summed E-state index contributed by atoms with van der Waals surface area (Å²) in [6, 6.07) is 1.91. The topological polar surface area (TPSA) is 50.2 Å². The van der Waals surface area contributed by atoms with Crippen LogP contribution in [-0.2, 0) is 12.8 Å². The van der Waals surface area contributed by atoms with Crippen LogP contribution in [0, 0.1) is 11.8 Å². The lowest BCUT2D eigenvalue weighted by atomic mass is 9.79. The Kier molecular flexibility index (Phi) is 3.08. The predicted octanol–water partition coefficient (Wildman–Crippen LogP) is 3.42. The molecule has 0 bridgehead atoms. The van der Waals surface area contributed by atoms with Crippen LogP contribution in [0.1, 0.15) is 66.3 Å². The average Bonchev–Trinajstić information content (AvgIpc) is 3.20. The van der Waals surface area contributed by atoms with Crippen molar-refractivity contribution >= 4 is 5.97 Å². The molecule has 19 heavy (non-hydrogen) atoms. The summed E-state index contributed by atoms with van der Waals surface area (Å²) in [5.41, 5.74) is 3.62. The van der Waals surface area contributed by atoms with Crippen molar-refractivity contribution in [3.05, 3.63) is 28.6 Å². The van der Waals surface area contributed by atoms with Crippen molar-refractivity contribution < 1.29 is 9.90 Å². The van der Waals surface area contributed by atoms with Gasteiger partial charge >= 0.3 is 5.97 Å². The van der Waals surface area contributed by atoms with Crippen molar-refractivity contribution in [3.8, 4) is 0 Å². The van der Waals surface area contributed by atoms with E-state index in [1.54, 1.807) is 0 Å². The van der Waals surface area contributed by atoms with E-state index in [0.717, 1.165) is 37.1 Å². The Bertz CT molecular complexity index is 518. The summed E-state index contributed by atoms with van der Waals surface area (Å²) < 4.78 is 0. The molecule has 1 aromatic rings. The summed E-state index contributed by atoms with van der Waals surface area (Å²) in [7, 11) is 0. The van der Waals surface area contributed by atoms with Crippen molar-refractivity contribution in [1.29, 1.82) is 0 Å². The van der Waals surface area contributed by atoms with E-state index in [0.29, 0.717) is 23.3 Å². The summed E-state index contributed by atoms with van der Waals surface area (Å²) >= 11 is 0. The molecule has 2 aliphatic carbocycles. The average molecular weight is 259 g/mol. The number of aromatic carboxylic acids is 1. The minimum absolute atomic E-state index is 0.402. The number of carboxylic acid groups (broad SMARTS) is 1. The van der Waals surface area contributed by atoms with Crippen molar-refractivity contribution in [2.75, 3.05) is 0 Å². The molecule has 0 amide bonds. The number of aryl methyl sites for hydroxylation is 1. The van der Waals surface area contributed by atoms with E-state index >= 15 is 0 Å². The molecule has 3 nitrogen and oxygen atoms in total. The minimum Gasteiger partial charge on any atom is -0.478 e. The Morgan fingerprint density at radius 1 is 1.37 bits per heavy atom. The molecule has 0 spiro atoms.